The molecule has 0 unspecified atom stereocenters. The van der Waals surface area contributed by atoms with Crippen LogP contribution >= 0.6 is 0 Å². The first-order valence-corrected chi connectivity index (χ1v) is 5.50. The molecule has 100 valence electrons. The van der Waals surface area contributed by atoms with Gasteiger partial charge in [-0.05, 0) is 18.2 Å². The second-order valence-electron chi connectivity index (χ2n) is 3.83. The summed E-state index contributed by atoms with van der Waals surface area (Å²) in [5.41, 5.74) is 0.807. The van der Waals surface area contributed by atoms with Crippen molar-refractivity contribution in [1.29, 1.82) is 0 Å². The number of carbonyl (C=O) groups is 2. The van der Waals surface area contributed by atoms with Gasteiger partial charge in [0.1, 0.15) is 24.7 Å². The van der Waals surface area contributed by atoms with Gasteiger partial charge in [-0.3, -0.25) is 9.59 Å². The van der Waals surface area contributed by atoms with Crippen LogP contribution in [0, 0.1) is 0 Å². The molecule has 1 aliphatic rings. The standard InChI is InChI=1S/C13H12O6/c1-17-11-3-2-8(13-18-4-5-19-13)6-9(11)10(14)7-12(15)16/h2-6,13H,7H2,1H3,(H,15,16). The second-order valence-corrected chi connectivity index (χ2v) is 3.83. The number of benzene rings is 1. The molecule has 19 heavy (non-hydrogen) atoms. The third-order valence-electron chi connectivity index (χ3n) is 2.57. The summed E-state index contributed by atoms with van der Waals surface area (Å²) in [6, 6.07) is 4.78. The highest BCUT2D eigenvalue weighted by atomic mass is 16.7. The monoisotopic (exact) mass is 264 g/mol. The molecule has 0 atom stereocenters. The zero-order valence-electron chi connectivity index (χ0n) is 10.2. The van der Waals surface area contributed by atoms with Crippen molar-refractivity contribution < 1.29 is 28.9 Å². The van der Waals surface area contributed by atoms with E-state index < -0.39 is 24.5 Å². The van der Waals surface area contributed by atoms with Gasteiger partial charge in [-0.25, -0.2) is 0 Å². The quantitative estimate of drug-likeness (QED) is 0.645. The van der Waals surface area contributed by atoms with Crippen LogP contribution in [0.1, 0.15) is 28.6 Å². The van der Waals surface area contributed by atoms with E-state index in [1.165, 1.54) is 25.7 Å². The maximum atomic E-state index is 11.8. The van der Waals surface area contributed by atoms with Gasteiger partial charge in [0.2, 0.25) is 0 Å². The summed E-state index contributed by atoms with van der Waals surface area (Å²) in [7, 11) is 1.41. The number of methoxy groups -OCH3 is 1. The average Bonchev–Trinajstić information content (AvgIpc) is 2.91. The second kappa shape index (κ2) is 5.43. The van der Waals surface area contributed by atoms with Gasteiger partial charge in [-0.1, -0.05) is 0 Å². The van der Waals surface area contributed by atoms with Crippen molar-refractivity contribution in [2.75, 3.05) is 7.11 Å². The van der Waals surface area contributed by atoms with E-state index in [4.69, 9.17) is 19.3 Å². The Balaban J connectivity index is 2.30. The molecule has 0 saturated heterocycles. The molecule has 6 heteroatoms. The number of rotatable bonds is 5. The van der Waals surface area contributed by atoms with Crippen molar-refractivity contribution in [1.82, 2.24) is 0 Å². The number of carboxylic acid groups (broad SMARTS) is 1. The molecular formula is C13H12O6. The molecule has 0 fully saturated rings. The first-order chi connectivity index (χ1) is 9.11. The molecule has 0 spiro atoms. The lowest BCUT2D eigenvalue weighted by Crippen LogP contribution is -2.10. The van der Waals surface area contributed by atoms with E-state index in [9.17, 15) is 9.59 Å². The minimum atomic E-state index is -1.19. The third-order valence-corrected chi connectivity index (χ3v) is 2.57. The number of ketones is 1. The number of ether oxygens (including phenoxy) is 3. The highest BCUT2D eigenvalue weighted by Gasteiger charge is 2.21. The van der Waals surface area contributed by atoms with Gasteiger partial charge in [0.05, 0.1) is 12.7 Å². The number of hydrogen-bond acceptors (Lipinski definition) is 5. The number of aliphatic carboxylic acids is 1. The zero-order valence-corrected chi connectivity index (χ0v) is 10.2. The summed E-state index contributed by atoms with van der Waals surface area (Å²) in [5, 5.41) is 8.67. The van der Waals surface area contributed by atoms with E-state index in [-0.39, 0.29) is 5.56 Å². The smallest absolute Gasteiger partial charge is 0.311 e. The molecule has 0 aliphatic carbocycles. The molecule has 0 aromatic heterocycles. The number of hydrogen-bond donors (Lipinski definition) is 1. The summed E-state index contributed by atoms with van der Waals surface area (Å²) >= 11 is 0. The molecule has 1 heterocycles. The van der Waals surface area contributed by atoms with E-state index >= 15 is 0 Å². The Bertz CT molecular complexity index is 526. The number of carbonyl (C=O) groups excluding carboxylic acids is 1. The molecule has 6 nitrogen and oxygen atoms in total. The molecular weight excluding hydrogens is 252 g/mol. The maximum Gasteiger partial charge on any atom is 0.311 e. The Hall–Kier alpha value is -2.50. The van der Waals surface area contributed by atoms with Crippen molar-refractivity contribution in [3.8, 4) is 5.75 Å². The first-order valence-electron chi connectivity index (χ1n) is 5.50. The molecule has 0 bridgehead atoms. The van der Waals surface area contributed by atoms with E-state index in [1.54, 1.807) is 12.1 Å². The summed E-state index contributed by atoms with van der Waals surface area (Å²) in [5.74, 6) is -1.40. The van der Waals surface area contributed by atoms with Crippen LogP contribution in [0.4, 0.5) is 0 Å². The van der Waals surface area contributed by atoms with Gasteiger partial charge < -0.3 is 19.3 Å². The molecule has 0 radical (unpaired) electrons. The molecule has 0 saturated carbocycles. The molecule has 2 rings (SSSR count). The third kappa shape index (κ3) is 2.85. The molecule has 1 aromatic rings. The lowest BCUT2D eigenvalue weighted by Gasteiger charge is -2.13. The summed E-state index contributed by atoms with van der Waals surface area (Å²) in [6.07, 6.45) is 1.58. The Morgan fingerprint density at radius 1 is 1.32 bits per heavy atom. The van der Waals surface area contributed by atoms with E-state index in [0.29, 0.717) is 11.3 Å². The highest BCUT2D eigenvalue weighted by molar-refractivity contribution is 6.07. The van der Waals surface area contributed by atoms with Crippen molar-refractivity contribution in [2.24, 2.45) is 0 Å². The molecule has 1 aliphatic heterocycles. The van der Waals surface area contributed by atoms with Crippen LogP contribution in [0.2, 0.25) is 0 Å². The summed E-state index contributed by atoms with van der Waals surface area (Å²) in [4.78, 5) is 22.4. The molecule has 1 aromatic carbocycles. The summed E-state index contributed by atoms with van der Waals surface area (Å²) < 4.78 is 15.4. The van der Waals surface area contributed by atoms with Gasteiger partial charge in [0.15, 0.2) is 5.78 Å². The number of Topliss-reactive ketones (excluding diaryl/α,β-unsaturated/α-hetero) is 1. The molecule has 0 amide bonds. The Kier molecular flexibility index (Phi) is 3.70. The fourth-order valence-corrected chi connectivity index (χ4v) is 1.72. The van der Waals surface area contributed by atoms with E-state index in [2.05, 4.69) is 0 Å². The lowest BCUT2D eigenvalue weighted by molar-refractivity contribution is -0.135. The first kappa shape index (κ1) is 12.9. The van der Waals surface area contributed by atoms with Gasteiger partial charge in [-0.15, -0.1) is 0 Å². The van der Waals surface area contributed by atoms with Crippen LogP contribution in [0.25, 0.3) is 0 Å². The van der Waals surface area contributed by atoms with Crippen molar-refractivity contribution in [3.05, 3.63) is 41.9 Å². The number of carboxylic acids is 1. The van der Waals surface area contributed by atoms with E-state index in [1.807, 2.05) is 0 Å². The normalized spacial score (nSPS) is 13.7. The van der Waals surface area contributed by atoms with E-state index in [0.717, 1.165) is 0 Å². The van der Waals surface area contributed by atoms with Gasteiger partial charge in [0.25, 0.3) is 6.29 Å². The van der Waals surface area contributed by atoms with Crippen LogP contribution in [0.5, 0.6) is 5.75 Å². The fraction of sp³-hybridized carbons (Fsp3) is 0.231. The van der Waals surface area contributed by atoms with Gasteiger partial charge in [-0.2, -0.15) is 0 Å². The largest absolute Gasteiger partial charge is 0.496 e. The topological polar surface area (TPSA) is 82.1 Å². The highest BCUT2D eigenvalue weighted by Crippen LogP contribution is 2.29. The minimum Gasteiger partial charge on any atom is -0.496 e. The lowest BCUT2D eigenvalue weighted by atomic mass is 10.0. The molecule has 1 N–H and O–H groups in total. The predicted octanol–water partition coefficient (Wildman–Crippen LogP) is 1.87. The van der Waals surface area contributed by atoms with Gasteiger partial charge >= 0.3 is 5.97 Å². The maximum absolute atomic E-state index is 11.8. The van der Waals surface area contributed by atoms with Crippen molar-refractivity contribution in [3.63, 3.8) is 0 Å². The zero-order chi connectivity index (χ0) is 13.8. The van der Waals surface area contributed by atoms with Crippen LogP contribution in [-0.2, 0) is 14.3 Å². The Labute approximate surface area is 109 Å². The van der Waals surface area contributed by atoms with Crippen LogP contribution in [-0.4, -0.2) is 24.0 Å². The Morgan fingerprint density at radius 2 is 2.00 bits per heavy atom. The predicted molar refractivity (Wildman–Crippen MR) is 63.6 cm³/mol. The minimum absolute atomic E-state index is 0.196. The summed E-state index contributed by atoms with van der Waals surface area (Å²) in [6.45, 7) is 0. The van der Waals surface area contributed by atoms with Crippen LogP contribution < -0.4 is 4.74 Å². The van der Waals surface area contributed by atoms with Gasteiger partial charge in [0, 0.05) is 5.56 Å². The van der Waals surface area contributed by atoms with Crippen LogP contribution in [0.15, 0.2) is 30.7 Å². The Morgan fingerprint density at radius 3 is 2.58 bits per heavy atom. The van der Waals surface area contributed by atoms with Crippen molar-refractivity contribution in [2.45, 2.75) is 12.7 Å². The van der Waals surface area contributed by atoms with Crippen molar-refractivity contribution >= 4 is 11.8 Å². The average molecular weight is 264 g/mol. The fourth-order valence-electron chi connectivity index (χ4n) is 1.72. The SMILES string of the molecule is COc1ccc(C2OC=CO2)cc1C(=O)CC(=O)O. The van der Waals surface area contributed by atoms with Crippen LogP contribution in [0.3, 0.4) is 0 Å².